The lowest BCUT2D eigenvalue weighted by molar-refractivity contribution is 0.0998. The molecule has 3 nitrogen and oxygen atoms in total. The maximum Gasteiger partial charge on any atom is 0.252 e. The number of nitrogens with two attached hydrogens (primary N) is 1. The van der Waals surface area contributed by atoms with Gasteiger partial charge in [0, 0.05) is 8.95 Å². The molecule has 0 fully saturated rings. The van der Waals surface area contributed by atoms with E-state index in [1.807, 2.05) is 25.1 Å². The highest BCUT2D eigenvalue weighted by Gasteiger charge is 2.11. The van der Waals surface area contributed by atoms with Crippen molar-refractivity contribution in [1.29, 1.82) is 0 Å². The summed E-state index contributed by atoms with van der Waals surface area (Å²) in [4.78, 5) is 11.4. The Bertz CT molecular complexity index is 641. The monoisotopic (exact) mass is 383 g/mol. The summed E-state index contributed by atoms with van der Waals surface area (Å²) in [7, 11) is 0. The van der Waals surface area contributed by atoms with Gasteiger partial charge in [0.05, 0.1) is 5.56 Å². The lowest BCUT2D eigenvalue weighted by atomic mass is 10.2. The van der Waals surface area contributed by atoms with Gasteiger partial charge in [-0.1, -0.05) is 31.9 Å². The highest BCUT2D eigenvalue weighted by Crippen LogP contribution is 2.30. The highest BCUT2D eigenvalue weighted by molar-refractivity contribution is 9.10. The molecule has 2 N–H and O–H groups in total. The number of carbonyl (C=O) groups excluding carboxylic acids is 1. The minimum Gasteiger partial charge on any atom is -0.456 e. The molecule has 98 valence electrons. The highest BCUT2D eigenvalue weighted by atomic mass is 79.9. The first-order valence-electron chi connectivity index (χ1n) is 5.51. The molecular weight excluding hydrogens is 374 g/mol. The third-order valence-electron chi connectivity index (χ3n) is 2.57. The van der Waals surface area contributed by atoms with Gasteiger partial charge in [0.25, 0.3) is 5.91 Å². The molecule has 0 unspecified atom stereocenters. The minimum absolute atomic E-state index is 0.351. The van der Waals surface area contributed by atoms with E-state index in [0.29, 0.717) is 17.1 Å². The Kier molecular flexibility index (Phi) is 4.27. The molecule has 0 aliphatic carbocycles. The number of halogens is 2. The topological polar surface area (TPSA) is 52.3 Å². The van der Waals surface area contributed by atoms with E-state index in [2.05, 4.69) is 31.9 Å². The van der Waals surface area contributed by atoms with E-state index < -0.39 is 5.91 Å². The second-order valence-electron chi connectivity index (χ2n) is 4.02. The third-order valence-corrected chi connectivity index (χ3v) is 3.95. The van der Waals surface area contributed by atoms with E-state index in [0.717, 1.165) is 14.5 Å². The molecule has 0 heterocycles. The predicted molar refractivity (Wildman–Crippen MR) is 81.6 cm³/mol. The van der Waals surface area contributed by atoms with E-state index >= 15 is 0 Å². The molecule has 19 heavy (non-hydrogen) atoms. The number of rotatable bonds is 3. The van der Waals surface area contributed by atoms with Crippen molar-refractivity contribution in [3.63, 3.8) is 0 Å². The van der Waals surface area contributed by atoms with Gasteiger partial charge in [0.15, 0.2) is 0 Å². The third kappa shape index (κ3) is 3.36. The number of benzene rings is 2. The van der Waals surface area contributed by atoms with Gasteiger partial charge in [0.1, 0.15) is 11.5 Å². The van der Waals surface area contributed by atoms with Crippen LogP contribution < -0.4 is 10.5 Å². The molecule has 0 atom stereocenters. The van der Waals surface area contributed by atoms with Crippen molar-refractivity contribution >= 4 is 37.8 Å². The Morgan fingerprint density at radius 3 is 2.53 bits per heavy atom. The van der Waals surface area contributed by atoms with Crippen LogP contribution in [0.25, 0.3) is 0 Å². The van der Waals surface area contributed by atoms with E-state index in [9.17, 15) is 4.79 Å². The van der Waals surface area contributed by atoms with Crippen LogP contribution in [0, 0.1) is 6.92 Å². The van der Waals surface area contributed by atoms with E-state index in [1.165, 1.54) is 0 Å². The number of amides is 1. The molecule has 0 saturated heterocycles. The fourth-order valence-electron chi connectivity index (χ4n) is 1.59. The van der Waals surface area contributed by atoms with Crippen molar-refractivity contribution in [3.05, 3.63) is 56.5 Å². The number of hydrogen-bond acceptors (Lipinski definition) is 2. The molecule has 0 radical (unpaired) electrons. The minimum atomic E-state index is -0.517. The van der Waals surface area contributed by atoms with Crippen molar-refractivity contribution in [3.8, 4) is 11.5 Å². The smallest absolute Gasteiger partial charge is 0.252 e. The summed E-state index contributed by atoms with van der Waals surface area (Å²) in [6.07, 6.45) is 0. The first kappa shape index (κ1) is 14.1. The summed E-state index contributed by atoms with van der Waals surface area (Å²) < 4.78 is 7.56. The SMILES string of the molecule is Cc1cc(Oc2cc(Br)ccc2C(N)=O)ccc1Br. The Labute approximate surface area is 128 Å². The maximum atomic E-state index is 11.4. The Balaban J connectivity index is 2.39. The van der Waals surface area contributed by atoms with Gasteiger partial charge < -0.3 is 10.5 Å². The molecule has 0 aromatic heterocycles. The Morgan fingerprint density at radius 1 is 1.16 bits per heavy atom. The number of hydrogen-bond donors (Lipinski definition) is 1. The zero-order chi connectivity index (χ0) is 14.0. The van der Waals surface area contributed by atoms with Gasteiger partial charge in [-0.2, -0.15) is 0 Å². The zero-order valence-corrected chi connectivity index (χ0v) is 13.3. The molecule has 2 aromatic carbocycles. The van der Waals surface area contributed by atoms with Gasteiger partial charge in [-0.15, -0.1) is 0 Å². The fourth-order valence-corrected chi connectivity index (χ4v) is 2.18. The van der Waals surface area contributed by atoms with Crippen LogP contribution >= 0.6 is 31.9 Å². The molecule has 0 saturated carbocycles. The van der Waals surface area contributed by atoms with Crippen molar-refractivity contribution in [2.45, 2.75) is 6.92 Å². The van der Waals surface area contributed by atoms with Gasteiger partial charge in [-0.3, -0.25) is 4.79 Å². The van der Waals surface area contributed by atoms with Crippen LogP contribution in [0.2, 0.25) is 0 Å². The second kappa shape index (κ2) is 5.75. The first-order valence-corrected chi connectivity index (χ1v) is 7.09. The van der Waals surface area contributed by atoms with Crippen molar-refractivity contribution in [2.24, 2.45) is 5.73 Å². The average molecular weight is 385 g/mol. The Morgan fingerprint density at radius 2 is 1.89 bits per heavy atom. The summed E-state index contributed by atoms with van der Waals surface area (Å²) in [6, 6.07) is 10.7. The predicted octanol–water partition coefficient (Wildman–Crippen LogP) is 4.41. The van der Waals surface area contributed by atoms with Crippen LogP contribution in [-0.2, 0) is 0 Å². The van der Waals surface area contributed by atoms with E-state index in [-0.39, 0.29) is 0 Å². The van der Waals surface area contributed by atoms with E-state index in [4.69, 9.17) is 10.5 Å². The summed E-state index contributed by atoms with van der Waals surface area (Å²) >= 11 is 6.77. The molecule has 0 bridgehead atoms. The molecule has 2 rings (SSSR count). The van der Waals surface area contributed by atoms with Crippen molar-refractivity contribution in [1.82, 2.24) is 0 Å². The quantitative estimate of drug-likeness (QED) is 0.851. The summed E-state index contributed by atoms with van der Waals surface area (Å²) in [5, 5.41) is 0. The van der Waals surface area contributed by atoms with Crippen molar-refractivity contribution < 1.29 is 9.53 Å². The molecule has 0 aliphatic heterocycles. The number of ether oxygens (including phenoxy) is 1. The van der Waals surface area contributed by atoms with E-state index in [1.54, 1.807) is 18.2 Å². The lowest BCUT2D eigenvalue weighted by Gasteiger charge is -2.10. The standard InChI is InChI=1S/C14H11Br2NO2/c1-8-6-10(3-5-12(8)16)19-13-7-9(15)2-4-11(13)14(17)18/h2-7H,1H3,(H2,17,18). The van der Waals surface area contributed by atoms with Crippen LogP contribution in [0.4, 0.5) is 0 Å². The molecule has 5 heteroatoms. The molecule has 0 aliphatic rings. The van der Waals surface area contributed by atoms with Gasteiger partial charge in [-0.05, 0) is 48.9 Å². The molecular formula is C14H11Br2NO2. The van der Waals surface area contributed by atoms with Crippen molar-refractivity contribution in [2.75, 3.05) is 0 Å². The fraction of sp³-hybridized carbons (Fsp3) is 0.0714. The number of carbonyl (C=O) groups is 1. The number of primary amides is 1. The van der Waals surface area contributed by atoms with Crippen LogP contribution in [0.5, 0.6) is 11.5 Å². The van der Waals surface area contributed by atoms with Gasteiger partial charge >= 0.3 is 0 Å². The zero-order valence-electron chi connectivity index (χ0n) is 10.1. The summed E-state index contributed by atoms with van der Waals surface area (Å²) in [5.41, 5.74) is 6.73. The molecule has 1 amide bonds. The maximum absolute atomic E-state index is 11.4. The number of aryl methyl sites for hydroxylation is 1. The van der Waals surface area contributed by atoms with Crippen LogP contribution in [0.15, 0.2) is 45.3 Å². The Hall–Kier alpha value is -1.33. The normalized spacial score (nSPS) is 10.3. The summed E-state index contributed by atoms with van der Waals surface area (Å²) in [6.45, 7) is 1.97. The first-order chi connectivity index (χ1) is 8.97. The lowest BCUT2D eigenvalue weighted by Crippen LogP contribution is -2.12. The summed E-state index contributed by atoms with van der Waals surface area (Å²) in [5.74, 6) is 0.571. The average Bonchev–Trinajstić information content (AvgIpc) is 2.33. The van der Waals surface area contributed by atoms with Crippen LogP contribution in [0.1, 0.15) is 15.9 Å². The van der Waals surface area contributed by atoms with Crippen LogP contribution in [-0.4, -0.2) is 5.91 Å². The van der Waals surface area contributed by atoms with Crippen LogP contribution in [0.3, 0.4) is 0 Å². The van der Waals surface area contributed by atoms with Gasteiger partial charge in [0.2, 0.25) is 0 Å². The van der Waals surface area contributed by atoms with Gasteiger partial charge in [-0.25, -0.2) is 0 Å². The largest absolute Gasteiger partial charge is 0.456 e. The second-order valence-corrected chi connectivity index (χ2v) is 5.79. The molecule has 0 spiro atoms. The molecule has 2 aromatic rings.